The topological polar surface area (TPSA) is 59.1 Å². The molecule has 0 atom stereocenters. The monoisotopic (exact) mass is 448 g/mol. The van der Waals surface area contributed by atoms with Crippen LogP contribution in [0.2, 0.25) is 0 Å². The van der Waals surface area contributed by atoms with E-state index >= 15 is 0 Å². The molecular formula is C22H25ClN2O2S2. The summed E-state index contributed by atoms with van der Waals surface area (Å²) in [5, 5.41) is 0.850. The molecule has 1 aromatic carbocycles. The third-order valence-electron chi connectivity index (χ3n) is 5.60. The Hall–Kier alpha value is -1.63. The number of rotatable bonds is 4. The number of benzene rings is 1. The van der Waals surface area contributed by atoms with Crippen LogP contribution in [0.25, 0.3) is 21.3 Å². The number of pyridine rings is 1. The molecule has 0 unspecified atom stereocenters. The summed E-state index contributed by atoms with van der Waals surface area (Å²) in [6.07, 6.45) is 3.65. The standard InChI is InChI=1S/C22H25ClN2O2S2/c1-14-8-7-9-17(12-14)19-16(3)28-21-20(19)18(13-15(2)24-21)25-29(26,27)22(23)10-5-4-6-11-22/h7-9,12-13H,4-6,10-11H2,1-3H3,(H,24,25). The van der Waals surface area contributed by atoms with Gasteiger partial charge in [0.25, 0.3) is 10.0 Å². The Balaban J connectivity index is 1.88. The Morgan fingerprint density at radius 1 is 1.10 bits per heavy atom. The predicted molar refractivity (Wildman–Crippen MR) is 123 cm³/mol. The van der Waals surface area contributed by atoms with Gasteiger partial charge in [-0.25, -0.2) is 13.4 Å². The summed E-state index contributed by atoms with van der Waals surface area (Å²) >= 11 is 8.22. The van der Waals surface area contributed by atoms with Crippen molar-refractivity contribution in [2.75, 3.05) is 4.72 Å². The van der Waals surface area contributed by atoms with Crippen molar-refractivity contribution in [3.05, 3.63) is 46.5 Å². The predicted octanol–water partition coefficient (Wildman–Crippen LogP) is 6.53. The highest BCUT2D eigenvalue weighted by Crippen LogP contribution is 2.44. The quantitative estimate of drug-likeness (QED) is 0.461. The second-order valence-corrected chi connectivity index (χ2v) is 12.1. The van der Waals surface area contributed by atoms with Gasteiger partial charge in [-0.1, -0.05) is 60.7 Å². The average Bonchev–Trinajstić information content (AvgIpc) is 2.97. The zero-order valence-corrected chi connectivity index (χ0v) is 19.3. The summed E-state index contributed by atoms with van der Waals surface area (Å²) < 4.78 is 28.2. The molecule has 3 aromatic rings. The van der Waals surface area contributed by atoms with Gasteiger partial charge in [0.05, 0.1) is 5.69 Å². The first kappa shape index (κ1) is 20.6. The van der Waals surface area contributed by atoms with Gasteiger partial charge < -0.3 is 0 Å². The highest BCUT2D eigenvalue weighted by molar-refractivity contribution is 7.95. The highest BCUT2D eigenvalue weighted by atomic mass is 35.5. The molecule has 0 bridgehead atoms. The van der Waals surface area contributed by atoms with E-state index in [0.717, 1.165) is 56.7 Å². The van der Waals surface area contributed by atoms with Crippen LogP contribution in [-0.2, 0) is 10.0 Å². The second kappa shape index (κ2) is 7.56. The van der Waals surface area contributed by atoms with E-state index in [1.54, 1.807) is 11.3 Å². The summed E-state index contributed by atoms with van der Waals surface area (Å²) in [4.78, 5) is 6.63. The number of thiophene rings is 1. The van der Waals surface area contributed by atoms with Gasteiger partial charge in [0.1, 0.15) is 4.83 Å². The first-order chi connectivity index (χ1) is 13.7. The maximum Gasteiger partial charge on any atom is 0.252 e. The van der Waals surface area contributed by atoms with Crippen LogP contribution in [0.15, 0.2) is 30.3 Å². The molecule has 1 aliphatic carbocycles. The smallest absolute Gasteiger partial charge is 0.252 e. The molecule has 1 saturated carbocycles. The molecule has 29 heavy (non-hydrogen) atoms. The van der Waals surface area contributed by atoms with Crippen molar-refractivity contribution < 1.29 is 8.42 Å². The molecule has 2 aromatic heterocycles. The maximum atomic E-state index is 13.3. The third kappa shape index (κ3) is 3.78. The van der Waals surface area contributed by atoms with Crippen LogP contribution in [-0.4, -0.2) is 17.6 Å². The van der Waals surface area contributed by atoms with E-state index in [-0.39, 0.29) is 0 Å². The van der Waals surface area contributed by atoms with Gasteiger partial charge in [0.2, 0.25) is 0 Å². The summed E-state index contributed by atoms with van der Waals surface area (Å²) in [5.74, 6) is 0. The van der Waals surface area contributed by atoms with Crippen molar-refractivity contribution in [1.82, 2.24) is 4.98 Å². The van der Waals surface area contributed by atoms with Gasteiger partial charge in [-0.05, 0) is 45.2 Å². The first-order valence-corrected chi connectivity index (χ1v) is 12.6. The maximum absolute atomic E-state index is 13.3. The van der Waals surface area contributed by atoms with E-state index in [1.807, 2.05) is 19.1 Å². The Labute approximate surface area is 181 Å². The number of hydrogen-bond donors (Lipinski definition) is 1. The minimum Gasteiger partial charge on any atom is -0.281 e. The molecule has 0 aliphatic heterocycles. The Morgan fingerprint density at radius 2 is 1.83 bits per heavy atom. The fourth-order valence-corrected chi connectivity index (χ4v) is 7.10. The normalized spacial score (nSPS) is 16.8. The number of halogens is 1. The molecule has 7 heteroatoms. The van der Waals surface area contributed by atoms with Crippen LogP contribution in [0.3, 0.4) is 0 Å². The van der Waals surface area contributed by atoms with Gasteiger partial charge in [0, 0.05) is 21.5 Å². The van der Waals surface area contributed by atoms with Gasteiger partial charge in [0.15, 0.2) is 4.21 Å². The van der Waals surface area contributed by atoms with E-state index in [0.29, 0.717) is 18.5 Å². The van der Waals surface area contributed by atoms with Crippen molar-refractivity contribution in [3.63, 3.8) is 0 Å². The largest absolute Gasteiger partial charge is 0.281 e. The summed E-state index contributed by atoms with van der Waals surface area (Å²) in [7, 11) is -3.75. The number of aryl methyl sites for hydroxylation is 3. The molecule has 1 N–H and O–H groups in total. The Kier molecular flexibility index (Phi) is 5.38. The molecule has 1 fully saturated rings. The summed E-state index contributed by atoms with van der Waals surface area (Å²) in [5.41, 5.74) is 4.60. The molecular weight excluding hydrogens is 424 g/mol. The molecule has 154 valence electrons. The van der Waals surface area contributed by atoms with E-state index in [2.05, 4.69) is 41.8 Å². The lowest BCUT2D eigenvalue weighted by atomic mass is 10.00. The first-order valence-electron chi connectivity index (χ1n) is 9.89. The summed E-state index contributed by atoms with van der Waals surface area (Å²) in [6.45, 7) is 6.00. The lowest BCUT2D eigenvalue weighted by Crippen LogP contribution is -2.39. The van der Waals surface area contributed by atoms with Crippen LogP contribution >= 0.6 is 22.9 Å². The zero-order chi connectivity index (χ0) is 20.8. The number of fused-ring (bicyclic) bond motifs is 1. The average molecular weight is 449 g/mol. The fraction of sp³-hybridized carbons (Fsp3) is 0.409. The number of nitrogens with zero attached hydrogens (tertiary/aromatic N) is 1. The van der Waals surface area contributed by atoms with Crippen molar-refractivity contribution in [3.8, 4) is 11.1 Å². The number of anilines is 1. The minimum atomic E-state index is -3.75. The van der Waals surface area contributed by atoms with Gasteiger partial charge >= 0.3 is 0 Å². The van der Waals surface area contributed by atoms with Crippen molar-refractivity contribution in [1.29, 1.82) is 0 Å². The van der Waals surface area contributed by atoms with Gasteiger partial charge in [-0.3, -0.25) is 4.72 Å². The molecule has 4 rings (SSSR count). The van der Waals surface area contributed by atoms with Gasteiger partial charge in [-0.15, -0.1) is 11.3 Å². The van der Waals surface area contributed by atoms with E-state index in [1.165, 1.54) is 0 Å². The molecule has 4 nitrogen and oxygen atoms in total. The number of hydrogen-bond acceptors (Lipinski definition) is 4. The third-order valence-corrected chi connectivity index (χ3v) is 9.45. The zero-order valence-electron chi connectivity index (χ0n) is 16.9. The minimum absolute atomic E-state index is 0.477. The van der Waals surface area contributed by atoms with Crippen molar-refractivity contribution in [2.24, 2.45) is 0 Å². The van der Waals surface area contributed by atoms with Crippen molar-refractivity contribution in [2.45, 2.75) is 57.1 Å². The van der Waals surface area contributed by atoms with Gasteiger partial charge in [-0.2, -0.15) is 0 Å². The second-order valence-electron chi connectivity index (χ2n) is 7.94. The molecule has 0 spiro atoms. The number of sulfonamides is 1. The molecule has 2 heterocycles. The summed E-state index contributed by atoms with van der Waals surface area (Å²) in [6, 6.07) is 10.1. The number of nitrogens with one attached hydrogen (secondary N) is 1. The molecule has 0 amide bonds. The lowest BCUT2D eigenvalue weighted by Gasteiger charge is -2.31. The highest BCUT2D eigenvalue weighted by Gasteiger charge is 2.43. The van der Waals surface area contributed by atoms with Crippen LogP contribution in [0.5, 0.6) is 0 Å². The van der Waals surface area contributed by atoms with Crippen molar-refractivity contribution >= 4 is 48.9 Å². The lowest BCUT2D eigenvalue weighted by molar-refractivity contribution is 0.456. The fourth-order valence-electron chi connectivity index (χ4n) is 4.15. The Morgan fingerprint density at radius 3 is 2.52 bits per heavy atom. The number of aromatic nitrogens is 1. The molecule has 0 radical (unpaired) electrons. The number of alkyl halides is 1. The van der Waals surface area contributed by atoms with Crippen LogP contribution < -0.4 is 4.72 Å². The van der Waals surface area contributed by atoms with E-state index in [4.69, 9.17) is 11.6 Å². The Bertz CT molecular complexity index is 1180. The van der Waals surface area contributed by atoms with Crippen LogP contribution in [0.4, 0.5) is 5.69 Å². The molecule has 0 saturated heterocycles. The van der Waals surface area contributed by atoms with Crippen LogP contribution in [0, 0.1) is 20.8 Å². The van der Waals surface area contributed by atoms with E-state index < -0.39 is 14.2 Å². The molecule has 1 aliphatic rings. The van der Waals surface area contributed by atoms with Crippen LogP contribution in [0.1, 0.15) is 48.2 Å². The van der Waals surface area contributed by atoms with E-state index in [9.17, 15) is 8.42 Å². The SMILES string of the molecule is Cc1cccc(-c2c(C)sc3nc(C)cc(NS(=O)(=O)C4(Cl)CCCCC4)c23)c1.